The molecule has 3 aromatic rings. The molecule has 0 amide bonds. The van der Waals surface area contributed by atoms with Crippen LogP contribution in [-0.4, -0.2) is 29.8 Å². The predicted molar refractivity (Wildman–Crippen MR) is 147 cm³/mol. The molecule has 0 radical (unpaired) electrons. The van der Waals surface area contributed by atoms with Crippen molar-refractivity contribution in [3.8, 4) is 17.2 Å². The van der Waals surface area contributed by atoms with Crippen LogP contribution in [0.3, 0.4) is 0 Å². The Kier molecular flexibility index (Phi) is 6.14. The Bertz CT molecular complexity index is 1410. The summed E-state index contributed by atoms with van der Waals surface area (Å²) in [6, 6.07) is 13.6. The van der Waals surface area contributed by atoms with Crippen LogP contribution in [0.5, 0.6) is 11.5 Å². The monoisotopic (exact) mass is 519 g/mol. The maximum atomic E-state index is 13.8. The van der Waals surface area contributed by atoms with Gasteiger partial charge in [0.15, 0.2) is 17.3 Å². The number of ether oxygens (including phenoxy) is 2. The molecule has 5 rings (SSSR count). The first-order valence-electron chi connectivity index (χ1n) is 12.6. The largest absolute Gasteiger partial charge is 0.493 e. The zero-order chi connectivity index (χ0) is 26.7. The van der Waals surface area contributed by atoms with Gasteiger partial charge in [-0.2, -0.15) is 5.10 Å². The van der Waals surface area contributed by atoms with E-state index in [2.05, 4.69) is 39.9 Å². The Morgan fingerprint density at radius 3 is 2.32 bits per heavy atom. The number of allylic oxidation sites excluding steroid dienone is 2. The number of rotatable bonds is 4. The molecular weight excluding hydrogens is 486 g/mol. The highest BCUT2D eigenvalue weighted by Crippen LogP contribution is 2.52. The normalized spacial score (nSPS) is 18.7. The second-order valence-electron chi connectivity index (χ2n) is 11.8. The van der Waals surface area contributed by atoms with Crippen LogP contribution in [0.2, 0.25) is 5.02 Å². The SMILES string of the molecule is COc1ccc(C2C3=C(CC(C)(C)CC3=O)Nc3c2c(C(C)(C)C)nn3-c2ccc(Cl)cc2)cc1OC. The van der Waals surface area contributed by atoms with Crippen molar-refractivity contribution in [3.05, 3.63) is 75.6 Å². The minimum atomic E-state index is -0.287. The second-order valence-corrected chi connectivity index (χ2v) is 12.2. The van der Waals surface area contributed by atoms with Gasteiger partial charge < -0.3 is 14.8 Å². The van der Waals surface area contributed by atoms with Gasteiger partial charge in [-0.1, -0.05) is 52.3 Å². The molecule has 2 aromatic carbocycles. The molecule has 1 N–H and O–H groups in total. The second kappa shape index (κ2) is 8.95. The quantitative estimate of drug-likeness (QED) is 0.400. The lowest BCUT2D eigenvalue weighted by Crippen LogP contribution is -2.34. The molecule has 1 unspecified atom stereocenters. The highest BCUT2D eigenvalue weighted by Gasteiger charge is 2.45. The average molecular weight is 520 g/mol. The van der Waals surface area contributed by atoms with Crippen LogP contribution in [-0.2, 0) is 10.2 Å². The van der Waals surface area contributed by atoms with Crippen LogP contribution in [0.15, 0.2) is 53.7 Å². The Morgan fingerprint density at radius 2 is 1.70 bits per heavy atom. The number of anilines is 1. The summed E-state index contributed by atoms with van der Waals surface area (Å²) in [6.07, 6.45) is 1.27. The average Bonchev–Trinajstić information content (AvgIpc) is 3.21. The van der Waals surface area contributed by atoms with Crippen molar-refractivity contribution in [1.82, 2.24) is 9.78 Å². The van der Waals surface area contributed by atoms with Crippen LogP contribution in [0, 0.1) is 5.41 Å². The summed E-state index contributed by atoms with van der Waals surface area (Å²) in [5, 5.41) is 9.50. The molecule has 1 aliphatic heterocycles. The van der Waals surface area contributed by atoms with Gasteiger partial charge in [0.2, 0.25) is 0 Å². The van der Waals surface area contributed by atoms with Crippen molar-refractivity contribution in [2.75, 3.05) is 19.5 Å². The molecule has 0 fully saturated rings. The zero-order valence-electron chi connectivity index (χ0n) is 22.5. The molecule has 1 aliphatic carbocycles. The summed E-state index contributed by atoms with van der Waals surface area (Å²) in [7, 11) is 3.26. The third-order valence-corrected chi connectivity index (χ3v) is 7.46. The highest BCUT2D eigenvalue weighted by atomic mass is 35.5. The molecule has 2 aliphatic rings. The molecule has 2 heterocycles. The van der Waals surface area contributed by atoms with Crippen LogP contribution < -0.4 is 14.8 Å². The molecule has 7 heteroatoms. The van der Waals surface area contributed by atoms with E-state index in [1.54, 1.807) is 14.2 Å². The zero-order valence-corrected chi connectivity index (χ0v) is 23.3. The smallest absolute Gasteiger partial charge is 0.162 e. The van der Waals surface area contributed by atoms with Crippen molar-refractivity contribution >= 4 is 23.2 Å². The Labute approximate surface area is 223 Å². The van der Waals surface area contributed by atoms with Crippen molar-refractivity contribution in [2.45, 2.75) is 58.8 Å². The van der Waals surface area contributed by atoms with E-state index in [1.165, 1.54) is 0 Å². The number of Topliss-reactive ketones (excluding diaryl/α,β-unsaturated/α-hetero) is 1. The predicted octanol–water partition coefficient (Wildman–Crippen LogP) is 7.04. The maximum absolute atomic E-state index is 13.8. The number of fused-ring (bicyclic) bond motifs is 1. The van der Waals surface area contributed by atoms with Crippen LogP contribution in [0.25, 0.3) is 5.69 Å². The molecule has 0 bridgehead atoms. The van der Waals surface area contributed by atoms with Crippen molar-refractivity contribution < 1.29 is 14.3 Å². The van der Waals surface area contributed by atoms with E-state index >= 15 is 0 Å². The van der Waals surface area contributed by atoms with Gasteiger partial charge in [0.1, 0.15) is 5.82 Å². The van der Waals surface area contributed by atoms with Gasteiger partial charge in [-0.05, 0) is 53.8 Å². The maximum Gasteiger partial charge on any atom is 0.162 e. The number of methoxy groups -OCH3 is 2. The summed E-state index contributed by atoms with van der Waals surface area (Å²) in [5.74, 6) is 2.05. The van der Waals surface area contributed by atoms with Gasteiger partial charge in [0, 0.05) is 39.6 Å². The van der Waals surface area contributed by atoms with E-state index in [0.29, 0.717) is 22.9 Å². The van der Waals surface area contributed by atoms with Crippen LogP contribution in [0.1, 0.15) is 70.2 Å². The Balaban J connectivity index is 1.82. The van der Waals surface area contributed by atoms with E-state index in [9.17, 15) is 4.79 Å². The Morgan fingerprint density at radius 1 is 1.03 bits per heavy atom. The molecule has 0 saturated carbocycles. The van der Waals surface area contributed by atoms with E-state index < -0.39 is 0 Å². The van der Waals surface area contributed by atoms with Gasteiger partial charge >= 0.3 is 0 Å². The molecule has 6 nitrogen and oxygen atoms in total. The number of halogens is 1. The number of aromatic nitrogens is 2. The number of ketones is 1. The van der Waals surface area contributed by atoms with Gasteiger partial charge in [0.05, 0.1) is 25.6 Å². The number of benzene rings is 2. The van der Waals surface area contributed by atoms with Gasteiger partial charge in [-0.3, -0.25) is 4.79 Å². The first-order chi connectivity index (χ1) is 17.4. The van der Waals surface area contributed by atoms with Crippen LogP contribution >= 0.6 is 11.6 Å². The number of carbonyl (C=O) groups excluding carboxylic acids is 1. The number of hydrogen-bond acceptors (Lipinski definition) is 5. The van der Waals surface area contributed by atoms with Crippen molar-refractivity contribution in [1.29, 1.82) is 0 Å². The number of carbonyl (C=O) groups is 1. The first kappa shape index (κ1) is 25.4. The lowest BCUT2D eigenvalue weighted by Gasteiger charge is -2.39. The van der Waals surface area contributed by atoms with E-state index in [4.69, 9.17) is 26.2 Å². The van der Waals surface area contributed by atoms with E-state index in [-0.39, 0.29) is 22.5 Å². The number of hydrogen-bond donors (Lipinski definition) is 1. The topological polar surface area (TPSA) is 65.4 Å². The molecule has 1 atom stereocenters. The fraction of sp³-hybridized carbons (Fsp3) is 0.400. The van der Waals surface area contributed by atoms with E-state index in [0.717, 1.165) is 46.0 Å². The molecule has 37 heavy (non-hydrogen) atoms. The van der Waals surface area contributed by atoms with Gasteiger partial charge in [-0.15, -0.1) is 0 Å². The standard InChI is InChI=1S/C30H34ClN3O3/c1-29(2,3)27-26-24(17-8-13-22(36-6)23(14-17)37-7)25-20(15-30(4,5)16-21(25)35)32-28(26)34(33-27)19-11-9-18(31)10-12-19/h8-14,24,32H,15-16H2,1-7H3. The molecular formula is C30H34ClN3O3. The lowest BCUT2D eigenvalue weighted by molar-refractivity contribution is -0.118. The summed E-state index contributed by atoms with van der Waals surface area (Å²) in [6.45, 7) is 10.8. The molecule has 194 valence electrons. The highest BCUT2D eigenvalue weighted by molar-refractivity contribution is 6.30. The van der Waals surface area contributed by atoms with Crippen LogP contribution in [0.4, 0.5) is 5.82 Å². The number of nitrogens with one attached hydrogen (secondary N) is 1. The lowest BCUT2D eigenvalue weighted by atomic mass is 9.68. The minimum Gasteiger partial charge on any atom is -0.493 e. The third-order valence-electron chi connectivity index (χ3n) is 7.21. The van der Waals surface area contributed by atoms with Gasteiger partial charge in [0.25, 0.3) is 0 Å². The molecule has 0 spiro atoms. The molecule has 1 aromatic heterocycles. The summed E-state index contributed by atoms with van der Waals surface area (Å²) >= 11 is 6.20. The summed E-state index contributed by atoms with van der Waals surface area (Å²) in [5.41, 5.74) is 5.20. The fourth-order valence-electron chi connectivity index (χ4n) is 5.58. The summed E-state index contributed by atoms with van der Waals surface area (Å²) in [4.78, 5) is 13.8. The van der Waals surface area contributed by atoms with Crippen molar-refractivity contribution in [2.24, 2.45) is 5.41 Å². The summed E-state index contributed by atoms with van der Waals surface area (Å²) < 4.78 is 13.1. The van der Waals surface area contributed by atoms with Crippen molar-refractivity contribution in [3.63, 3.8) is 0 Å². The molecule has 0 saturated heterocycles. The first-order valence-corrected chi connectivity index (χ1v) is 13.0. The Hall–Kier alpha value is -3.25. The fourth-order valence-corrected chi connectivity index (χ4v) is 5.71. The third kappa shape index (κ3) is 4.42. The minimum absolute atomic E-state index is 0.138. The van der Waals surface area contributed by atoms with E-state index in [1.807, 2.05) is 47.1 Å². The van der Waals surface area contributed by atoms with Gasteiger partial charge in [-0.25, -0.2) is 4.68 Å². The number of nitrogens with zero attached hydrogens (tertiary/aromatic N) is 2.